The monoisotopic (exact) mass is 1010 g/mol. The summed E-state index contributed by atoms with van der Waals surface area (Å²) in [5, 5.41) is 11.5. The van der Waals surface area contributed by atoms with Crippen LogP contribution in [0.1, 0.15) is 135 Å². The van der Waals surface area contributed by atoms with Crippen molar-refractivity contribution in [1.29, 1.82) is 0 Å². The molecule has 4 fully saturated rings. The number of likely N-dealkylation sites (tertiary alicyclic amines) is 2. The first kappa shape index (κ1) is 50.6. The predicted molar refractivity (Wildman–Crippen MR) is 280 cm³/mol. The van der Waals surface area contributed by atoms with E-state index in [9.17, 15) is 28.8 Å². The van der Waals surface area contributed by atoms with E-state index < -0.39 is 59.6 Å². The number of carbonyl (C=O) groups is 6. The number of Topliss-reactive ketones (excluding diaryl/α,β-unsaturated/α-hetero) is 2. The zero-order valence-electron chi connectivity index (χ0n) is 42.0. The molecule has 2 saturated carbocycles. The molecule has 4 aromatic carbocycles. The van der Waals surface area contributed by atoms with Crippen molar-refractivity contribution in [2.24, 2.45) is 0 Å². The molecule has 2 saturated heterocycles. The fourth-order valence-electron chi connectivity index (χ4n) is 11.0. The maximum atomic E-state index is 13.9. The number of carbonyl (C=O) groups excluding carboxylic acids is 6. The lowest BCUT2D eigenvalue weighted by Crippen LogP contribution is -2.48. The quantitative estimate of drug-likeness (QED) is 0.0453. The number of rotatable bonds is 18. The van der Waals surface area contributed by atoms with Crippen LogP contribution in [0.4, 0.5) is 9.59 Å². The van der Waals surface area contributed by atoms with Crippen molar-refractivity contribution in [2.45, 2.75) is 127 Å². The van der Waals surface area contributed by atoms with E-state index in [4.69, 9.17) is 4.74 Å². The zero-order valence-corrected chi connectivity index (χ0v) is 42.0. The molecule has 6 aromatic rings. The molecule has 6 N–H and O–H groups in total. The summed E-state index contributed by atoms with van der Waals surface area (Å²) in [6.45, 7) is 1.59. The Kier molecular flexibility index (Phi) is 15.9. The van der Waals surface area contributed by atoms with Crippen LogP contribution in [0.5, 0.6) is 0 Å². The van der Waals surface area contributed by atoms with Crippen molar-refractivity contribution >= 4 is 35.4 Å². The maximum Gasteiger partial charge on any atom is 0.315 e. The fraction of sp³-hybridized carbons (Fsp3) is 0.379. The number of imidazole rings is 2. The minimum absolute atomic E-state index is 0.0589. The second-order valence-electron chi connectivity index (χ2n) is 20.2. The van der Waals surface area contributed by atoms with Crippen LogP contribution in [0.2, 0.25) is 0 Å². The Bertz CT molecular complexity index is 2750. The van der Waals surface area contributed by atoms with Crippen LogP contribution in [0.15, 0.2) is 122 Å². The van der Waals surface area contributed by atoms with E-state index in [-0.39, 0.29) is 12.1 Å². The van der Waals surface area contributed by atoms with Gasteiger partial charge in [-0.3, -0.25) is 19.2 Å². The van der Waals surface area contributed by atoms with Gasteiger partial charge in [0, 0.05) is 25.2 Å². The Hall–Kier alpha value is -7.92. The Labute approximate surface area is 436 Å². The number of hydrogen-bond donors (Lipinski definition) is 6. The first-order valence-corrected chi connectivity index (χ1v) is 26.4. The minimum Gasteiger partial charge on any atom is -0.372 e. The molecule has 388 valence electrons. The van der Waals surface area contributed by atoms with Gasteiger partial charge in [-0.25, -0.2) is 19.6 Å². The summed E-state index contributed by atoms with van der Waals surface area (Å²) in [4.78, 5) is 101. The number of ketones is 2. The Morgan fingerprint density at radius 1 is 0.507 bits per heavy atom. The molecule has 2 aliphatic heterocycles. The molecule has 0 unspecified atom stereocenters. The number of benzene rings is 4. The standard InChI is InChI=1S/C58H64N10O7/c69-51(49(41-13-3-1-4-14-41)65-57(73)61-43-17-7-8-18-43)55(71)67-31-11-21-47(67)53-59-33-45(63-53)39-27-23-37(24-28-39)35-75-36-38-25-29-40(30-26-38)46-34-60-54(64-46)48-22-12-32-68(48)56(72)52(70)50(42-15-5-2-6-16-42)66-58(74)62-44-19-9-10-20-44/h1-6,13-16,23-30,33-34,43-44,47-50H,7-12,17-22,31-32,35-36H2,(H,59,63)(H,60,64)(H2,61,65,73)(H2,62,66,74)/t47-,48-,49-,50+/m0/s1. The number of urea groups is 2. The van der Waals surface area contributed by atoms with Crippen LogP contribution >= 0.6 is 0 Å². The van der Waals surface area contributed by atoms with E-state index in [0.717, 1.165) is 85.0 Å². The van der Waals surface area contributed by atoms with Crippen LogP contribution in [0.3, 0.4) is 0 Å². The molecule has 0 bridgehead atoms. The van der Waals surface area contributed by atoms with E-state index >= 15 is 0 Å². The van der Waals surface area contributed by atoms with E-state index in [1.165, 1.54) is 0 Å². The van der Waals surface area contributed by atoms with Crippen molar-refractivity contribution in [2.75, 3.05) is 13.1 Å². The molecular weight excluding hydrogens is 949 g/mol. The SMILES string of the molecule is O=C(NC1CCCC1)N[C@H](C(=O)C(=O)N1CCC[C@H]1c1ncc(-c2ccc(COCc3ccc(-c4cnc([C@@H]5CCCN5C(=O)C(=O)[C@H](NC(=O)NC5CCCC5)c5ccccc5)[nH]4)cc3)cc2)[nH]1)c1ccccc1. The number of nitrogens with zero attached hydrogens (tertiary/aromatic N) is 4. The van der Waals surface area contributed by atoms with Crippen molar-refractivity contribution in [3.8, 4) is 22.5 Å². The van der Waals surface area contributed by atoms with Gasteiger partial charge >= 0.3 is 12.1 Å². The topological polar surface area (TPSA) is 224 Å². The highest BCUT2D eigenvalue weighted by Crippen LogP contribution is 2.35. The van der Waals surface area contributed by atoms with Gasteiger partial charge in [-0.2, -0.15) is 0 Å². The van der Waals surface area contributed by atoms with Gasteiger partial charge < -0.3 is 45.8 Å². The Balaban J connectivity index is 0.710. The summed E-state index contributed by atoms with van der Waals surface area (Å²) >= 11 is 0. The van der Waals surface area contributed by atoms with E-state index in [2.05, 4.69) is 41.2 Å². The number of nitrogens with one attached hydrogen (secondary N) is 6. The molecule has 6 amide bonds. The first-order chi connectivity index (χ1) is 36.6. The maximum absolute atomic E-state index is 13.9. The summed E-state index contributed by atoms with van der Waals surface area (Å²) in [6.07, 6.45) is 14.0. The highest BCUT2D eigenvalue weighted by molar-refractivity contribution is 6.39. The van der Waals surface area contributed by atoms with Crippen molar-refractivity contribution in [1.82, 2.24) is 51.0 Å². The molecular formula is C58H64N10O7. The molecule has 0 radical (unpaired) electrons. The number of aromatic nitrogens is 4. The largest absolute Gasteiger partial charge is 0.372 e. The number of ether oxygens (including phenoxy) is 1. The Morgan fingerprint density at radius 2 is 0.893 bits per heavy atom. The lowest BCUT2D eigenvalue weighted by molar-refractivity contribution is -0.146. The molecule has 75 heavy (non-hydrogen) atoms. The van der Waals surface area contributed by atoms with Crippen molar-refractivity contribution < 1.29 is 33.5 Å². The number of hydrogen-bond acceptors (Lipinski definition) is 9. The van der Waals surface area contributed by atoms with Gasteiger partial charge in [-0.1, -0.05) is 135 Å². The van der Waals surface area contributed by atoms with Crippen LogP contribution < -0.4 is 21.3 Å². The molecule has 17 nitrogen and oxygen atoms in total. The normalized spacial score (nSPS) is 18.7. The lowest BCUT2D eigenvalue weighted by Gasteiger charge is -2.26. The highest BCUT2D eigenvalue weighted by Gasteiger charge is 2.41. The number of aromatic amines is 2. The fourth-order valence-corrected chi connectivity index (χ4v) is 11.0. The van der Waals surface area contributed by atoms with E-state index in [0.29, 0.717) is 74.8 Å². The van der Waals surface area contributed by atoms with Gasteiger partial charge in [0.1, 0.15) is 23.7 Å². The smallest absolute Gasteiger partial charge is 0.315 e. The van der Waals surface area contributed by atoms with Crippen LogP contribution in [0.25, 0.3) is 22.5 Å². The molecule has 4 heterocycles. The summed E-state index contributed by atoms with van der Waals surface area (Å²) in [5.74, 6) is -1.48. The predicted octanol–water partition coefficient (Wildman–Crippen LogP) is 8.62. The van der Waals surface area contributed by atoms with Gasteiger partial charge in [-0.15, -0.1) is 0 Å². The van der Waals surface area contributed by atoms with Gasteiger partial charge in [0.05, 0.1) is 49.1 Å². The van der Waals surface area contributed by atoms with Gasteiger partial charge in [0.25, 0.3) is 11.8 Å². The van der Waals surface area contributed by atoms with Gasteiger partial charge in [-0.05, 0) is 84.7 Å². The highest BCUT2D eigenvalue weighted by atomic mass is 16.5. The van der Waals surface area contributed by atoms with Crippen molar-refractivity contribution in [3.05, 3.63) is 155 Å². The van der Waals surface area contributed by atoms with Crippen LogP contribution in [0, 0.1) is 0 Å². The van der Waals surface area contributed by atoms with E-state index in [1.807, 2.05) is 60.7 Å². The first-order valence-electron chi connectivity index (χ1n) is 26.4. The molecule has 4 atom stereocenters. The van der Waals surface area contributed by atoms with Gasteiger partial charge in [0.15, 0.2) is 0 Å². The average molecular weight is 1010 g/mol. The number of amides is 6. The summed E-state index contributed by atoms with van der Waals surface area (Å²) in [6, 6.07) is 29.9. The molecule has 17 heteroatoms. The molecule has 4 aliphatic rings. The molecule has 0 spiro atoms. The number of H-pyrrole nitrogens is 2. The average Bonchev–Trinajstić information content (AvgIpc) is 4.31. The second-order valence-corrected chi connectivity index (χ2v) is 20.2. The lowest BCUT2D eigenvalue weighted by atomic mass is 10.0. The Morgan fingerprint density at radius 3 is 1.28 bits per heavy atom. The third-order valence-electron chi connectivity index (χ3n) is 15.1. The van der Waals surface area contributed by atoms with E-state index in [1.54, 1.807) is 70.7 Å². The zero-order chi connectivity index (χ0) is 51.7. The summed E-state index contributed by atoms with van der Waals surface area (Å²) in [7, 11) is 0. The minimum atomic E-state index is -1.12. The van der Waals surface area contributed by atoms with Crippen molar-refractivity contribution in [3.63, 3.8) is 0 Å². The molecule has 2 aromatic heterocycles. The summed E-state index contributed by atoms with van der Waals surface area (Å²) < 4.78 is 6.11. The second kappa shape index (κ2) is 23.5. The molecule has 2 aliphatic carbocycles. The third kappa shape index (κ3) is 12.0. The van der Waals surface area contributed by atoms with Gasteiger partial charge in [0.2, 0.25) is 11.6 Å². The third-order valence-corrected chi connectivity index (χ3v) is 15.1. The molecule has 10 rings (SSSR count). The van der Waals surface area contributed by atoms with Crippen LogP contribution in [-0.4, -0.2) is 90.4 Å². The van der Waals surface area contributed by atoms with Crippen LogP contribution in [-0.2, 0) is 37.1 Å². The summed E-state index contributed by atoms with van der Waals surface area (Å²) in [5.41, 5.74) is 6.46.